The first kappa shape index (κ1) is 22.2. The van der Waals surface area contributed by atoms with Gasteiger partial charge in [-0.25, -0.2) is 9.07 Å². The van der Waals surface area contributed by atoms with E-state index < -0.39 is 0 Å². The van der Waals surface area contributed by atoms with E-state index in [9.17, 15) is 14.0 Å². The van der Waals surface area contributed by atoms with Crippen molar-refractivity contribution in [1.29, 1.82) is 0 Å². The van der Waals surface area contributed by atoms with Gasteiger partial charge >= 0.3 is 0 Å². The average Bonchev–Trinajstić information content (AvgIpc) is 3.06. The fraction of sp³-hybridized carbons (Fsp3) is 0.292. The number of likely N-dealkylation sites (N-methyl/N-ethyl adjacent to an activating group) is 1. The highest BCUT2D eigenvalue weighted by molar-refractivity contribution is 5.86. The molecule has 7 heteroatoms. The summed E-state index contributed by atoms with van der Waals surface area (Å²) in [5, 5.41) is 7.37. The zero-order valence-electron chi connectivity index (χ0n) is 18.1. The third-order valence-corrected chi connectivity index (χ3v) is 5.24. The maximum Gasteiger partial charge on any atom is 0.239 e. The predicted molar refractivity (Wildman–Crippen MR) is 117 cm³/mol. The van der Waals surface area contributed by atoms with Gasteiger partial charge in [-0.2, -0.15) is 5.10 Å². The highest BCUT2D eigenvalue weighted by Gasteiger charge is 2.20. The van der Waals surface area contributed by atoms with Crippen molar-refractivity contribution in [2.75, 3.05) is 13.1 Å². The van der Waals surface area contributed by atoms with Crippen molar-refractivity contribution in [3.63, 3.8) is 0 Å². The molecule has 0 saturated carbocycles. The molecule has 1 heterocycles. The van der Waals surface area contributed by atoms with Crippen LogP contribution in [0, 0.1) is 19.7 Å². The van der Waals surface area contributed by atoms with Crippen LogP contribution in [0.1, 0.15) is 29.4 Å². The molecule has 0 radical (unpaired) electrons. The lowest BCUT2D eigenvalue weighted by atomic mass is 10.1. The number of para-hydroxylation sites is 1. The molecule has 0 aliphatic carbocycles. The molecule has 3 aromatic rings. The molecule has 162 valence electrons. The number of aromatic nitrogens is 2. The van der Waals surface area contributed by atoms with Crippen molar-refractivity contribution in [2.24, 2.45) is 0 Å². The van der Waals surface area contributed by atoms with Crippen LogP contribution in [0.15, 0.2) is 54.6 Å². The Kier molecular flexibility index (Phi) is 7.18. The number of benzene rings is 2. The number of hydrogen-bond donors (Lipinski definition) is 1. The number of hydrogen-bond acceptors (Lipinski definition) is 3. The minimum atomic E-state index is -0.320. The molecule has 0 atom stereocenters. The number of amides is 2. The molecule has 0 bridgehead atoms. The Morgan fingerprint density at radius 2 is 1.74 bits per heavy atom. The summed E-state index contributed by atoms with van der Waals surface area (Å²) in [6.07, 6.45) is 0.184. The van der Waals surface area contributed by atoms with Gasteiger partial charge in [-0.15, -0.1) is 0 Å². The smallest absolute Gasteiger partial charge is 0.239 e. The summed E-state index contributed by atoms with van der Waals surface area (Å²) in [4.78, 5) is 26.8. The third-order valence-electron chi connectivity index (χ3n) is 5.24. The fourth-order valence-electron chi connectivity index (χ4n) is 3.42. The van der Waals surface area contributed by atoms with Crippen molar-refractivity contribution in [3.05, 3.63) is 82.9 Å². The lowest BCUT2D eigenvalue weighted by molar-refractivity contribution is -0.135. The topological polar surface area (TPSA) is 67.2 Å². The SMILES string of the molecule is CCN(CC(=O)NCc1ccc(F)cc1)C(=O)Cc1c(C)nn(-c2ccccc2)c1C. The molecule has 2 aromatic carbocycles. The molecule has 31 heavy (non-hydrogen) atoms. The molecule has 2 amide bonds. The summed E-state index contributed by atoms with van der Waals surface area (Å²) in [7, 11) is 0. The van der Waals surface area contributed by atoms with E-state index in [4.69, 9.17) is 0 Å². The second kappa shape index (κ2) is 10.0. The van der Waals surface area contributed by atoms with Crippen molar-refractivity contribution in [3.8, 4) is 5.69 Å². The number of carbonyl (C=O) groups is 2. The Morgan fingerprint density at radius 1 is 1.06 bits per heavy atom. The van der Waals surface area contributed by atoms with E-state index in [1.165, 1.54) is 17.0 Å². The van der Waals surface area contributed by atoms with E-state index in [0.29, 0.717) is 6.54 Å². The number of aryl methyl sites for hydroxylation is 1. The number of halogens is 1. The maximum atomic E-state index is 13.0. The summed E-state index contributed by atoms with van der Waals surface area (Å²) in [6, 6.07) is 15.7. The lowest BCUT2D eigenvalue weighted by Gasteiger charge is -2.20. The molecule has 1 aromatic heterocycles. The number of nitrogens with one attached hydrogen (secondary N) is 1. The Labute approximate surface area is 181 Å². The number of rotatable bonds is 8. The van der Waals surface area contributed by atoms with Crippen LogP contribution in [0.25, 0.3) is 5.69 Å². The van der Waals surface area contributed by atoms with Gasteiger partial charge in [0.2, 0.25) is 11.8 Å². The van der Waals surface area contributed by atoms with Crippen LogP contribution in [0.4, 0.5) is 4.39 Å². The summed E-state index contributed by atoms with van der Waals surface area (Å²) in [6.45, 7) is 6.36. The van der Waals surface area contributed by atoms with Crippen LogP contribution >= 0.6 is 0 Å². The van der Waals surface area contributed by atoms with Gasteiger partial charge < -0.3 is 10.2 Å². The first-order valence-corrected chi connectivity index (χ1v) is 10.3. The largest absolute Gasteiger partial charge is 0.350 e. The Balaban J connectivity index is 1.62. The Morgan fingerprint density at radius 3 is 2.39 bits per heavy atom. The van der Waals surface area contributed by atoms with Gasteiger partial charge in [-0.1, -0.05) is 30.3 Å². The maximum absolute atomic E-state index is 13.0. The molecule has 0 unspecified atom stereocenters. The predicted octanol–water partition coefficient (Wildman–Crippen LogP) is 3.34. The fourth-order valence-corrected chi connectivity index (χ4v) is 3.42. The zero-order chi connectivity index (χ0) is 22.4. The molecule has 3 rings (SSSR count). The van der Waals surface area contributed by atoms with E-state index >= 15 is 0 Å². The minimum Gasteiger partial charge on any atom is -0.350 e. The molecular formula is C24H27FN4O2. The summed E-state index contributed by atoms with van der Waals surface area (Å²) in [5.74, 6) is -0.704. The van der Waals surface area contributed by atoms with Gasteiger partial charge in [-0.05, 0) is 50.6 Å². The molecule has 0 aliphatic heterocycles. The van der Waals surface area contributed by atoms with Gasteiger partial charge in [0, 0.05) is 24.3 Å². The summed E-state index contributed by atoms with van der Waals surface area (Å²) < 4.78 is 14.8. The van der Waals surface area contributed by atoms with Crippen LogP contribution < -0.4 is 5.32 Å². The van der Waals surface area contributed by atoms with E-state index in [0.717, 1.165) is 28.2 Å². The van der Waals surface area contributed by atoms with Crippen molar-refractivity contribution in [1.82, 2.24) is 20.0 Å². The van der Waals surface area contributed by atoms with Crippen LogP contribution in [-0.4, -0.2) is 39.6 Å². The summed E-state index contributed by atoms with van der Waals surface area (Å²) in [5.41, 5.74) is 4.32. The van der Waals surface area contributed by atoms with E-state index in [-0.39, 0.29) is 37.1 Å². The molecular weight excluding hydrogens is 395 g/mol. The molecule has 6 nitrogen and oxygen atoms in total. The number of nitrogens with zero attached hydrogens (tertiary/aromatic N) is 3. The monoisotopic (exact) mass is 422 g/mol. The van der Waals surface area contributed by atoms with Gasteiger partial charge in [0.25, 0.3) is 0 Å². The highest BCUT2D eigenvalue weighted by Crippen LogP contribution is 2.19. The van der Waals surface area contributed by atoms with E-state index in [2.05, 4.69) is 10.4 Å². The molecule has 0 aliphatic rings. The van der Waals surface area contributed by atoms with E-state index in [1.807, 2.05) is 55.8 Å². The molecule has 0 saturated heterocycles. The molecule has 1 N–H and O–H groups in total. The van der Waals surface area contributed by atoms with Crippen molar-refractivity contribution < 1.29 is 14.0 Å². The normalized spacial score (nSPS) is 10.7. The van der Waals surface area contributed by atoms with Crippen LogP contribution in [0.2, 0.25) is 0 Å². The second-order valence-corrected chi connectivity index (χ2v) is 7.38. The lowest BCUT2D eigenvalue weighted by Crippen LogP contribution is -2.41. The van der Waals surface area contributed by atoms with Crippen LogP contribution in [-0.2, 0) is 22.6 Å². The average molecular weight is 423 g/mol. The van der Waals surface area contributed by atoms with E-state index in [1.54, 1.807) is 12.1 Å². The van der Waals surface area contributed by atoms with Gasteiger partial charge in [0.05, 0.1) is 24.3 Å². The first-order valence-electron chi connectivity index (χ1n) is 10.3. The van der Waals surface area contributed by atoms with Crippen molar-refractivity contribution >= 4 is 11.8 Å². The highest BCUT2D eigenvalue weighted by atomic mass is 19.1. The quantitative estimate of drug-likeness (QED) is 0.606. The van der Waals surface area contributed by atoms with Crippen LogP contribution in [0.3, 0.4) is 0 Å². The minimum absolute atomic E-state index is 0.0263. The Hall–Kier alpha value is -3.48. The van der Waals surface area contributed by atoms with Gasteiger partial charge in [0.15, 0.2) is 0 Å². The third kappa shape index (κ3) is 5.57. The first-order chi connectivity index (χ1) is 14.9. The molecule has 0 fully saturated rings. The van der Waals surface area contributed by atoms with Crippen LogP contribution in [0.5, 0.6) is 0 Å². The standard InChI is InChI=1S/C24H27FN4O2/c1-4-28(16-23(30)26-15-19-10-12-20(25)13-11-19)24(31)14-22-17(2)27-29(18(22)3)21-8-6-5-7-9-21/h5-13H,4,14-16H2,1-3H3,(H,26,30). The molecule has 0 spiro atoms. The Bertz CT molecular complexity index is 1050. The second-order valence-electron chi connectivity index (χ2n) is 7.38. The van der Waals surface area contributed by atoms with Crippen molar-refractivity contribution in [2.45, 2.75) is 33.7 Å². The zero-order valence-corrected chi connectivity index (χ0v) is 18.1. The van der Waals surface area contributed by atoms with Gasteiger partial charge in [0.1, 0.15) is 5.82 Å². The summed E-state index contributed by atoms with van der Waals surface area (Å²) >= 11 is 0. The number of carbonyl (C=O) groups excluding carboxylic acids is 2. The van der Waals surface area contributed by atoms with Gasteiger partial charge in [-0.3, -0.25) is 9.59 Å².